The third kappa shape index (κ3) is 4.29. The molecule has 2 heterocycles. The van der Waals surface area contributed by atoms with E-state index < -0.39 is 0 Å². The van der Waals surface area contributed by atoms with Gasteiger partial charge in [-0.1, -0.05) is 19.1 Å². The van der Waals surface area contributed by atoms with E-state index in [-0.39, 0.29) is 5.91 Å². The molecule has 0 atom stereocenters. The molecular weight excluding hydrogens is 314 g/mol. The molecule has 0 aliphatic carbocycles. The molecule has 1 fully saturated rings. The zero-order valence-corrected chi connectivity index (χ0v) is 14.9. The summed E-state index contributed by atoms with van der Waals surface area (Å²) in [4.78, 5) is 19.2. The van der Waals surface area contributed by atoms with Crippen molar-refractivity contribution >= 4 is 17.3 Å². The number of para-hydroxylation sites is 2. The molecule has 0 unspecified atom stereocenters. The lowest BCUT2D eigenvalue weighted by atomic mass is 9.99. The summed E-state index contributed by atoms with van der Waals surface area (Å²) in [6.45, 7) is 6.81. The number of piperidine rings is 1. The van der Waals surface area contributed by atoms with Crippen molar-refractivity contribution in [2.45, 2.75) is 26.7 Å². The zero-order valence-electron chi connectivity index (χ0n) is 14.9. The summed E-state index contributed by atoms with van der Waals surface area (Å²) in [5, 5.41) is 2.90. The van der Waals surface area contributed by atoms with Gasteiger partial charge in [0, 0.05) is 25.0 Å². The van der Waals surface area contributed by atoms with Crippen LogP contribution >= 0.6 is 0 Å². The highest BCUT2D eigenvalue weighted by Crippen LogP contribution is 2.26. The van der Waals surface area contributed by atoms with Crippen molar-refractivity contribution < 1.29 is 9.53 Å². The number of aromatic nitrogens is 1. The highest BCUT2D eigenvalue weighted by Gasteiger charge is 2.18. The lowest BCUT2D eigenvalue weighted by Crippen LogP contribution is -2.33. The molecule has 1 aromatic heterocycles. The van der Waals surface area contributed by atoms with Crippen LogP contribution in [-0.2, 0) is 0 Å². The SMILES string of the molecule is CCOc1ccccc1NC(=O)c1cc(N2CCC(C)CC2)ccn1. The number of hydrogen-bond acceptors (Lipinski definition) is 4. The highest BCUT2D eigenvalue weighted by molar-refractivity contribution is 6.04. The van der Waals surface area contributed by atoms with Gasteiger partial charge < -0.3 is 15.0 Å². The fourth-order valence-electron chi connectivity index (χ4n) is 3.04. The van der Waals surface area contributed by atoms with Crippen LogP contribution in [0, 0.1) is 5.92 Å². The monoisotopic (exact) mass is 339 g/mol. The normalized spacial score (nSPS) is 15.0. The molecule has 5 nitrogen and oxygen atoms in total. The second kappa shape index (κ2) is 8.01. The Kier molecular flexibility index (Phi) is 5.53. The average Bonchev–Trinajstić information content (AvgIpc) is 2.64. The third-order valence-corrected chi connectivity index (χ3v) is 4.56. The van der Waals surface area contributed by atoms with Crippen molar-refractivity contribution in [3.8, 4) is 5.75 Å². The van der Waals surface area contributed by atoms with Crippen LogP contribution in [0.4, 0.5) is 11.4 Å². The second-order valence-corrected chi connectivity index (χ2v) is 6.45. The third-order valence-electron chi connectivity index (χ3n) is 4.56. The molecule has 5 heteroatoms. The molecule has 1 amide bonds. The number of benzene rings is 1. The van der Waals surface area contributed by atoms with Crippen molar-refractivity contribution in [2.75, 3.05) is 29.9 Å². The molecule has 1 saturated heterocycles. The minimum Gasteiger partial charge on any atom is -0.492 e. The Morgan fingerprint density at radius 1 is 1.28 bits per heavy atom. The van der Waals surface area contributed by atoms with Gasteiger partial charge in [-0.2, -0.15) is 0 Å². The van der Waals surface area contributed by atoms with E-state index in [1.807, 2.05) is 43.3 Å². The van der Waals surface area contributed by atoms with Crippen LogP contribution in [0.25, 0.3) is 0 Å². The van der Waals surface area contributed by atoms with E-state index in [0.717, 1.165) is 24.7 Å². The Morgan fingerprint density at radius 2 is 2.04 bits per heavy atom. The van der Waals surface area contributed by atoms with E-state index in [1.165, 1.54) is 12.8 Å². The van der Waals surface area contributed by atoms with Gasteiger partial charge in [-0.25, -0.2) is 0 Å². The van der Waals surface area contributed by atoms with Crippen molar-refractivity contribution in [1.82, 2.24) is 4.98 Å². The minimum atomic E-state index is -0.223. The zero-order chi connectivity index (χ0) is 17.6. The summed E-state index contributed by atoms with van der Waals surface area (Å²) in [5.74, 6) is 1.22. The maximum Gasteiger partial charge on any atom is 0.274 e. The predicted molar refractivity (Wildman–Crippen MR) is 100 cm³/mol. The predicted octanol–water partition coefficient (Wildman–Crippen LogP) is 3.97. The maximum atomic E-state index is 12.6. The van der Waals surface area contributed by atoms with Gasteiger partial charge in [-0.3, -0.25) is 9.78 Å². The number of rotatable bonds is 5. The number of ether oxygens (including phenoxy) is 1. The van der Waals surface area contributed by atoms with Gasteiger partial charge in [-0.15, -0.1) is 0 Å². The highest BCUT2D eigenvalue weighted by atomic mass is 16.5. The van der Waals surface area contributed by atoms with Gasteiger partial charge in [0.2, 0.25) is 0 Å². The fraction of sp³-hybridized carbons (Fsp3) is 0.400. The number of pyridine rings is 1. The number of nitrogens with one attached hydrogen (secondary N) is 1. The number of hydrogen-bond donors (Lipinski definition) is 1. The fourth-order valence-corrected chi connectivity index (χ4v) is 3.04. The van der Waals surface area contributed by atoms with Crippen LogP contribution in [0.15, 0.2) is 42.6 Å². The quantitative estimate of drug-likeness (QED) is 0.895. The molecule has 1 aliphatic heterocycles. The van der Waals surface area contributed by atoms with Gasteiger partial charge in [0.25, 0.3) is 5.91 Å². The van der Waals surface area contributed by atoms with Crippen LogP contribution in [0.2, 0.25) is 0 Å². The first-order chi connectivity index (χ1) is 12.2. The van der Waals surface area contributed by atoms with Gasteiger partial charge in [0.15, 0.2) is 0 Å². The van der Waals surface area contributed by atoms with Crippen molar-refractivity contribution in [1.29, 1.82) is 0 Å². The Morgan fingerprint density at radius 3 is 2.80 bits per heavy atom. The van der Waals surface area contributed by atoms with E-state index in [4.69, 9.17) is 4.74 Å². The summed E-state index contributed by atoms with van der Waals surface area (Å²) in [5.41, 5.74) is 2.14. The smallest absolute Gasteiger partial charge is 0.274 e. The lowest BCUT2D eigenvalue weighted by Gasteiger charge is -2.32. The van der Waals surface area contributed by atoms with Gasteiger partial charge in [-0.05, 0) is 49.9 Å². The van der Waals surface area contributed by atoms with Crippen LogP contribution in [0.3, 0.4) is 0 Å². The van der Waals surface area contributed by atoms with Crippen LogP contribution in [-0.4, -0.2) is 30.6 Å². The molecular formula is C20H25N3O2. The van der Waals surface area contributed by atoms with Crippen LogP contribution in [0.1, 0.15) is 37.2 Å². The summed E-state index contributed by atoms with van der Waals surface area (Å²) in [7, 11) is 0. The van der Waals surface area contributed by atoms with E-state index in [2.05, 4.69) is 22.1 Å². The molecule has 1 aliphatic rings. The molecule has 0 spiro atoms. The summed E-state index contributed by atoms with van der Waals surface area (Å²) in [6, 6.07) is 11.3. The number of carbonyl (C=O) groups is 1. The Labute approximate surface area is 149 Å². The molecule has 1 N–H and O–H groups in total. The van der Waals surface area contributed by atoms with Crippen LogP contribution in [0.5, 0.6) is 5.75 Å². The van der Waals surface area contributed by atoms with Gasteiger partial charge in [0.1, 0.15) is 11.4 Å². The first-order valence-corrected chi connectivity index (χ1v) is 8.91. The molecule has 0 saturated carbocycles. The number of anilines is 2. The van der Waals surface area contributed by atoms with Gasteiger partial charge in [0.05, 0.1) is 12.3 Å². The average molecular weight is 339 g/mol. The Balaban J connectivity index is 1.74. The van der Waals surface area contributed by atoms with E-state index in [0.29, 0.717) is 23.7 Å². The largest absolute Gasteiger partial charge is 0.492 e. The van der Waals surface area contributed by atoms with Crippen molar-refractivity contribution in [3.05, 3.63) is 48.3 Å². The summed E-state index contributed by atoms with van der Waals surface area (Å²) >= 11 is 0. The molecule has 0 radical (unpaired) electrons. The number of amides is 1. The second-order valence-electron chi connectivity index (χ2n) is 6.45. The molecule has 1 aromatic carbocycles. The van der Waals surface area contributed by atoms with E-state index in [9.17, 15) is 4.79 Å². The lowest BCUT2D eigenvalue weighted by molar-refractivity contribution is 0.102. The molecule has 3 rings (SSSR count). The Hall–Kier alpha value is -2.56. The topological polar surface area (TPSA) is 54.5 Å². The van der Waals surface area contributed by atoms with Crippen molar-refractivity contribution in [3.63, 3.8) is 0 Å². The summed E-state index contributed by atoms with van der Waals surface area (Å²) in [6.07, 6.45) is 4.08. The first kappa shape index (κ1) is 17.3. The maximum absolute atomic E-state index is 12.6. The van der Waals surface area contributed by atoms with E-state index >= 15 is 0 Å². The molecule has 25 heavy (non-hydrogen) atoms. The number of carbonyl (C=O) groups excluding carboxylic acids is 1. The molecule has 0 bridgehead atoms. The first-order valence-electron chi connectivity index (χ1n) is 8.91. The minimum absolute atomic E-state index is 0.223. The Bertz CT molecular complexity index is 724. The van der Waals surface area contributed by atoms with Gasteiger partial charge >= 0.3 is 0 Å². The molecule has 2 aromatic rings. The van der Waals surface area contributed by atoms with Crippen molar-refractivity contribution in [2.24, 2.45) is 5.92 Å². The van der Waals surface area contributed by atoms with E-state index in [1.54, 1.807) is 6.20 Å². The number of nitrogens with zero attached hydrogens (tertiary/aromatic N) is 2. The molecule has 132 valence electrons. The standard InChI is InChI=1S/C20H25N3O2/c1-3-25-19-7-5-4-6-17(19)22-20(24)18-14-16(8-11-21-18)23-12-9-15(2)10-13-23/h4-8,11,14-15H,3,9-10,12-13H2,1-2H3,(H,22,24). The summed E-state index contributed by atoms with van der Waals surface area (Å²) < 4.78 is 5.56. The van der Waals surface area contributed by atoms with Crippen LogP contribution < -0.4 is 15.0 Å².